The van der Waals surface area contributed by atoms with Crippen molar-refractivity contribution in [2.24, 2.45) is 5.73 Å². The second-order valence-electron chi connectivity index (χ2n) is 4.20. The van der Waals surface area contributed by atoms with Crippen LogP contribution in [-0.2, 0) is 9.84 Å². The predicted octanol–water partition coefficient (Wildman–Crippen LogP) is 1.14. The Morgan fingerprint density at radius 2 is 1.67 bits per heavy atom. The van der Waals surface area contributed by atoms with E-state index in [0.29, 0.717) is 5.69 Å². The van der Waals surface area contributed by atoms with E-state index in [-0.39, 0.29) is 21.2 Å². The average molecular weight is 307 g/mol. The number of primary amides is 1. The van der Waals surface area contributed by atoms with Gasteiger partial charge in [0.25, 0.3) is 0 Å². The Labute approximate surface area is 121 Å². The highest BCUT2D eigenvalue weighted by atomic mass is 32.2. The maximum Gasteiger partial charge on any atom is 0.410 e. The van der Waals surface area contributed by atoms with Crippen molar-refractivity contribution in [1.29, 1.82) is 0 Å². The van der Waals surface area contributed by atoms with E-state index in [2.05, 4.69) is 4.74 Å². The van der Waals surface area contributed by atoms with Crippen molar-refractivity contribution in [3.05, 3.63) is 42.5 Å². The average Bonchev–Trinajstić information content (AvgIpc) is 2.40. The van der Waals surface area contributed by atoms with Gasteiger partial charge < -0.3 is 21.9 Å². The van der Waals surface area contributed by atoms with Crippen molar-refractivity contribution in [2.45, 2.75) is 9.79 Å². The summed E-state index contributed by atoms with van der Waals surface area (Å²) in [6.45, 7) is 0. The van der Waals surface area contributed by atoms with Gasteiger partial charge in [-0.05, 0) is 36.4 Å². The molecule has 0 aliphatic carbocycles. The van der Waals surface area contributed by atoms with Crippen LogP contribution in [0, 0.1) is 0 Å². The minimum absolute atomic E-state index is 0.00553. The molecule has 0 bridgehead atoms. The van der Waals surface area contributed by atoms with Gasteiger partial charge in [0.2, 0.25) is 9.84 Å². The lowest BCUT2D eigenvalue weighted by molar-refractivity contribution is 0.211. The predicted molar refractivity (Wildman–Crippen MR) is 77.4 cm³/mol. The third kappa shape index (κ3) is 3.06. The summed E-state index contributed by atoms with van der Waals surface area (Å²) in [5, 5.41) is 0. The molecule has 0 heterocycles. The van der Waals surface area contributed by atoms with E-state index >= 15 is 0 Å². The molecule has 0 radical (unpaired) electrons. The van der Waals surface area contributed by atoms with E-state index in [4.69, 9.17) is 17.2 Å². The lowest BCUT2D eigenvalue weighted by Gasteiger charge is -2.09. The molecule has 2 aromatic carbocycles. The molecule has 0 fully saturated rings. The number of carbonyl (C=O) groups is 1. The second-order valence-corrected chi connectivity index (χ2v) is 6.15. The number of amides is 1. The Balaban J connectivity index is 2.46. The Morgan fingerprint density at radius 1 is 1.00 bits per heavy atom. The molecule has 110 valence electrons. The molecule has 0 saturated carbocycles. The first-order valence-electron chi connectivity index (χ1n) is 5.78. The largest absolute Gasteiger partial charge is 0.410 e. The lowest BCUT2D eigenvalue weighted by atomic mass is 10.3. The van der Waals surface area contributed by atoms with Gasteiger partial charge in [-0.2, -0.15) is 0 Å². The molecule has 0 unspecified atom stereocenters. The monoisotopic (exact) mass is 307 g/mol. The molecule has 1 amide bonds. The van der Waals surface area contributed by atoms with Gasteiger partial charge in [-0.25, -0.2) is 13.2 Å². The van der Waals surface area contributed by atoms with Gasteiger partial charge in [0.15, 0.2) is 5.75 Å². The zero-order chi connectivity index (χ0) is 15.6. The zero-order valence-electron chi connectivity index (χ0n) is 10.8. The number of anilines is 2. The van der Waals surface area contributed by atoms with E-state index in [9.17, 15) is 13.2 Å². The van der Waals surface area contributed by atoms with Gasteiger partial charge in [0.05, 0.1) is 15.5 Å². The lowest BCUT2D eigenvalue weighted by Crippen LogP contribution is -2.17. The highest BCUT2D eigenvalue weighted by Crippen LogP contribution is 2.28. The molecule has 0 saturated heterocycles. The van der Waals surface area contributed by atoms with E-state index in [0.717, 1.165) is 0 Å². The van der Waals surface area contributed by atoms with Gasteiger partial charge in [0.1, 0.15) is 0 Å². The summed E-state index contributed by atoms with van der Waals surface area (Å²) in [6.07, 6.45) is -1.03. The molecule has 21 heavy (non-hydrogen) atoms. The standard InChI is InChI=1S/C13H13N3O4S/c14-8-2-1-3-9(6-8)21(18,19)10-4-5-12(11(15)7-10)20-13(16)17/h1-7H,14-15H2,(H2,16,17). The van der Waals surface area contributed by atoms with Crippen LogP contribution < -0.4 is 21.9 Å². The van der Waals surface area contributed by atoms with E-state index in [1.807, 2.05) is 0 Å². The van der Waals surface area contributed by atoms with Crippen LogP contribution in [0.2, 0.25) is 0 Å². The molecule has 6 N–H and O–H groups in total. The number of hydrogen-bond donors (Lipinski definition) is 3. The fourth-order valence-corrected chi connectivity index (χ4v) is 3.06. The zero-order valence-corrected chi connectivity index (χ0v) is 11.6. The molecule has 0 aromatic heterocycles. The maximum atomic E-state index is 12.4. The first-order valence-corrected chi connectivity index (χ1v) is 7.26. The summed E-state index contributed by atoms with van der Waals surface area (Å²) < 4.78 is 29.5. The number of carbonyl (C=O) groups excluding carboxylic acids is 1. The first-order chi connectivity index (χ1) is 9.80. The Bertz CT molecular complexity index is 803. The fraction of sp³-hybridized carbons (Fsp3) is 0. The van der Waals surface area contributed by atoms with Crippen LogP contribution in [-0.4, -0.2) is 14.5 Å². The van der Waals surface area contributed by atoms with Crippen molar-refractivity contribution >= 4 is 27.3 Å². The molecule has 8 heteroatoms. The molecule has 0 aliphatic heterocycles. The van der Waals surface area contributed by atoms with Crippen molar-refractivity contribution < 1.29 is 17.9 Å². The highest BCUT2D eigenvalue weighted by molar-refractivity contribution is 7.91. The van der Waals surface area contributed by atoms with Crippen LogP contribution in [0.1, 0.15) is 0 Å². The fourth-order valence-electron chi connectivity index (χ4n) is 1.71. The molecule has 0 aliphatic rings. The van der Waals surface area contributed by atoms with Crippen LogP contribution in [0.3, 0.4) is 0 Å². The van der Waals surface area contributed by atoms with Gasteiger partial charge >= 0.3 is 6.09 Å². The summed E-state index contributed by atoms with van der Waals surface area (Å²) in [6, 6.07) is 9.62. The smallest absolute Gasteiger partial charge is 0.408 e. The summed E-state index contributed by atoms with van der Waals surface area (Å²) >= 11 is 0. The maximum absolute atomic E-state index is 12.4. The van der Waals surface area contributed by atoms with E-state index < -0.39 is 15.9 Å². The van der Waals surface area contributed by atoms with Gasteiger partial charge in [-0.15, -0.1) is 0 Å². The summed E-state index contributed by atoms with van der Waals surface area (Å²) in [5.41, 5.74) is 16.4. The number of rotatable bonds is 3. The van der Waals surface area contributed by atoms with Crippen molar-refractivity contribution in [3.8, 4) is 5.75 Å². The first kappa shape index (κ1) is 14.7. The minimum Gasteiger partial charge on any atom is -0.408 e. The Kier molecular flexibility index (Phi) is 3.72. The number of nitrogens with two attached hydrogens (primary N) is 3. The van der Waals surface area contributed by atoms with Crippen LogP contribution in [0.5, 0.6) is 5.75 Å². The number of sulfone groups is 1. The Hall–Kier alpha value is -2.74. The number of benzene rings is 2. The van der Waals surface area contributed by atoms with Crippen molar-refractivity contribution in [1.82, 2.24) is 0 Å². The number of nitrogen functional groups attached to an aromatic ring is 2. The van der Waals surface area contributed by atoms with E-state index in [1.54, 1.807) is 6.07 Å². The molecule has 7 nitrogen and oxygen atoms in total. The minimum atomic E-state index is -3.76. The summed E-state index contributed by atoms with van der Waals surface area (Å²) in [5.74, 6) is -0.00553. The van der Waals surface area contributed by atoms with Gasteiger partial charge in [-0.3, -0.25) is 0 Å². The van der Waals surface area contributed by atoms with Crippen LogP contribution in [0.4, 0.5) is 16.2 Å². The number of hydrogen-bond acceptors (Lipinski definition) is 6. The third-order valence-electron chi connectivity index (χ3n) is 2.67. The number of ether oxygens (including phenoxy) is 1. The highest BCUT2D eigenvalue weighted by Gasteiger charge is 2.19. The molecule has 0 spiro atoms. The van der Waals surface area contributed by atoms with Crippen molar-refractivity contribution in [3.63, 3.8) is 0 Å². The van der Waals surface area contributed by atoms with E-state index in [1.165, 1.54) is 36.4 Å². The van der Waals surface area contributed by atoms with Crippen LogP contribution >= 0.6 is 0 Å². The van der Waals surface area contributed by atoms with Crippen LogP contribution in [0.15, 0.2) is 52.3 Å². The molecular weight excluding hydrogens is 294 g/mol. The summed E-state index contributed by atoms with van der Waals surface area (Å²) in [4.78, 5) is 10.7. The van der Waals surface area contributed by atoms with Gasteiger partial charge in [0, 0.05) is 5.69 Å². The molecule has 2 rings (SSSR count). The second kappa shape index (κ2) is 5.33. The SMILES string of the molecule is NC(=O)Oc1ccc(S(=O)(=O)c2cccc(N)c2)cc1N. The Morgan fingerprint density at radius 3 is 2.24 bits per heavy atom. The van der Waals surface area contributed by atoms with Crippen molar-refractivity contribution in [2.75, 3.05) is 11.5 Å². The van der Waals surface area contributed by atoms with Crippen LogP contribution in [0.25, 0.3) is 0 Å². The summed E-state index contributed by atoms with van der Waals surface area (Å²) in [7, 11) is -3.76. The quantitative estimate of drug-likeness (QED) is 0.727. The molecule has 2 aromatic rings. The third-order valence-corrected chi connectivity index (χ3v) is 4.42. The molecule has 0 atom stereocenters. The molecular formula is C13H13N3O4S. The topological polar surface area (TPSA) is 138 Å². The van der Waals surface area contributed by atoms with Gasteiger partial charge in [-0.1, -0.05) is 6.07 Å². The normalized spacial score (nSPS) is 11.0.